The van der Waals surface area contributed by atoms with Crippen LogP contribution in [0.25, 0.3) is 11.0 Å². The lowest BCUT2D eigenvalue weighted by atomic mass is 10.0. The minimum absolute atomic E-state index is 0.187. The fourth-order valence-electron chi connectivity index (χ4n) is 3.23. The zero-order valence-electron chi connectivity index (χ0n) is 17.1. The van der Waals surface area contributed by atoms with Gasteiger partial charge in [0, 0.05) is 18.7 Å². The van der Waals surface area contributed by atoms with Crippen molar-refractivity contribution in [2.24, 2.45) is 0 Å². The van der Waals surface area contributed by atoms with Crippen LogP contribution >= 0.6 is 0 Å². The maximum Gasteiger partial charge on any atom is 0.275 e. The van der Waals surface area contributed by atoms with Gasteiger partial charge in [0.1, 0.15) is 0 Å². The highest BCUT2D eigenvalue weighted by atomic mass is 16.8. The molecule has 0 aromatic carbocycles. The second kappa shape index (κ2) is 7.56. The zero-order chi connectivity index (χ0) is 19.8. The standard InChI is InChI=1S/C20H30N4O3/c1-12(2)15-11-14(19(25)23-27-16-9-7-8-10-26-16)17-13(3)22-24(18(17)21-15)20(4,5)6/h11-12,16H,7-10H2,1-6H3,(H,23,25)/t16-/m0/s1. The van der Waals surface area contributed by atoms with Gasteiger partial charge in [0.05, 0.1) is 22.2 Å². The Morgan fingerprint density at radius 2 is 2.11 bits per heavy atom. The van der Waals surface area contributed by atoms with Crippen molar-refractivity contribution < 1.29 is 14.4 Å². The second-order valence-corrected chi connectivity index (χ2v) is 8.46. The Morgan fingerprint density at radius 1 is 1.37 bits per heavy atom. The normalized spacial score (nSPS) is 18.3. The number of ether oxygens (including phenoxy) is 1. The third kappa shape index (κ3) is 4.14. The average molecular weight is 374 g/mol. The zero-order valence-corrected chi connectivity index (χ0v) is 17.1. The van der Waals surface area contributed by atoms with Crippen molar-refractivity contribution in [3.8, 4) is 0 Å². The molecule has 0 spiro atoms. The van der Waals surface area contributed by atoms with E-state index < -0.39 is 0 Å². The molecule has 2 aromatic rings. The number of rotatable bonds is 4. The van der Waals surface area contributed by atoms with Crippen molar-refractivity contribution in [2.75, 3.05) is 6.61 Å². The quantitative estimate of drug-likeness (QED) is 0.824. The number of fused-ring (bicyclic) bond motifs is 1. The van der Waals surface area contributed by atoms with Gasteiger partial charge >= 0.3 is 0 Å². The third-order valence-electron chi connectivity index (χ3n) is 4.73. The van der Waals surface area contributed by atoms with E-state index in [0.29, 0.717) is 12.2 Å². The van der Waals surface area contributed by atoms with Gasteiger partial charge in [-0.3, -0.25) is 4.79 Å². The van der Waals surface area contributed by atoms with Crippen molar-refractivity contribution in [3.05, 3.63) is 23.0 Å². The number of hydrogen-bond acceptors (Lipinski definition) is 5. The number of hydrogen-bond donors (Lipinski definition) is 1. The van der Waals surface area contributed by atoms with Crippen LogP contribution in [0.3, 0.4) is 0 Å². The Balaban J connectivity index is 2.00. The average Bonchev–Trinajstić information content (AvgIpc) is 2.97. The first-order valence-electron chi connectivity index (χ1n) is 9.67. The van der Waals surface area contributed by atoms with Crippen molar-refractivity contribution in [1.82, 2.24) is 20.2 Å². The highest BCUT2D eigenvalue weighted by Gasteiger charge is 2.26. The molecule has 0 unspecified atom stereocenters. The van der Waals surface area contributed by atoms with E-state index in [2.05, 4.69) is 45.2 Å². The Bertz CT molecular complexity index is 830. The SMILES string of the molecule is Cc1nn(C(C)(C)C)c2nc(C(C)C)cc(C(=O)NO[C@H]3CCCCO3)c12. The van der Waals surface area contributed by atoms with Gasteiger partial charge < -0.3 is 4.74 Å². The Kier molecular flexibility index (Phi) is 5.53. The van der Waals surface area contributed by atoms with Crippen LogP contribution in [-0.4, -0.2) is 33.6 Å². The monoisotopic (exact) mass is 374 g/mol. The van der Waals surface area contributed by atoms with E-state index in [4.69, 9.17) is 14.6 Å². The predicted molar refractivity (Wildman–Crippen MR) is 103 cm³/mol. The maximum atomic E-state index is 12.9. The molecule has 2 aromatic heterocycles. The van der Waals surface area contributed by atoms with Gasteiger partial charge in [-0.05, 0) is 52.5 Å². The fraction of sp³-hybridized carbons (Fsp3) is 0.650. The molecule has 1 fully saturated rings. The Morgan fingerprint density at radius 3 is 2.70 bits per heavy atom. The van der Waals surface area contributed by atoms with Gasteiger partial charge in [-0.2, -0.15) is 5.10 Å². The Labute approximate surface area is 160 Å². The summed E-state index contributed by atoms with van der Waals surface area (Å²) in [5.74, 6) is -0.109. The van der Waals surface area contributed by atoms with Crippen LogP contribution < -0.4 is 5.48 Å². The highest BCUT2D eigenvalue weighted by molar-refractivity contribution is 6.06. The van der Waals surface area contributed by atoms with E-state index >= 15 is 0 Å². The molecule has 7 nitrogen and oxygen atoms in total. The minimum Gasteiger partial charge on any atom is -0.350 e. The first-order chi connectivity index (χ1) is 12.7. The number of nitrogens with zero attached hydrogens (tertiary/aromatic N) is 3. The summed E-state index contributed by atoms with van der Waals surface area (Å²) in [5, 5.41) is 5.43. The van der Waals surface area contributed by atoms with Crippen molar-refractivity contribution in [2.45, 2.75) is 78.6 Å². The number of carbonyl (C=O) groups is 1. The van der Waals surface area contributed by atoms with Gasteiger partial charge in [-0.25, -0.2) is 20.0 Å². The number of aromatic nitrogens is 3. The van der Waals surface area contributed by atoms with Crippen LogP contribution in [0, 0.1) is 6.92 Å². The molecule has 0 aliphatic carbocycles. The predicted octanol–water partition coefficient (Wildman–Crippen LogP) is 3.81. The third-order valence-corrected chi connectivity index (χ3v) is 4.73. The van der Waals surface area contributed by atoms with E-state index in [1.165, 1.54) is 0 Å². The van der Waals surface area contributed by atoms with Crippen LogP contribution in [0.1, 0.15) is 81.5 Å². The molecular weight excluding hydrogens is 344 g/mol. The largest absolute Gasteiger partial charge is 0.350 e. The van der Waals surface area contributed by atoms with Crippen LogP contribution in [0.15, 0.2) is 6.07 Å². The molecule has 3 heterocycles. The van der Waals surface area contributed by atoms with Crippen LogP contribution in [0.2, 0.25) is 0 Å². The molecule has 27 heavy (non-hydrogen) atoms. The summed E-state index contributed by atoms with van der Waals surface area (Å²) in [4.78, 5) is 23.2. The van der Waals surface area contributed by atoms with Crippen LogP contribution in [-0.2, 0) is 15.1 Å². The lowest BCUT2D eigenvalue weighted by Crippen LogP contribution is -2.33. The number of carbonyl (C=O) groups excluding carboxylic acids is 1. The summed E-state index contributed by atoms with van der Waals surface area (Å²) >= 11 is 0. The molecule has 0 radical (unpaired) electrons. The first-order valence-corrected chi connectivity index (χ1v) is 9.67. The summed E-state index contributed by atoms with van der Waals surface area (Å²) in [6, 6.07) is 1.84. The number of amides is 1. The molecular formula is C20H30N4O3. The van der Waals surface area contributed by atoms with Crippen molar-refractivity contribution in [1.29, 1.82) is 0 Å². The van der Waals surface area contributed by atoms with Gasteiger partial charge in [0.15, 0.2) is 11.9 Å². The maximum absolute atomic E-state index is 12.9. The van der Waals surface area contributed by atoms with E-state index in [0.717, 1.165) is 41.7 Å². The van der Waals surface area contributed by atoms with Crippen LogP contribution in [0.5, 0.6) is 0 Å². The van der Waals surface area contributed by atoms with Crippen LogP contribution in [0.4, 0.5) is 0 Å². The van der Waals surface area contributed by atoms with Gasteiger partial charge in [-0.1, -0.05) is 13.8 Å². The molecule has 1 atom stereocenters. The molecule has 0 bridgehead atoms. The smallest absolute Gasteiger partial charge is 0.275 e. The van der Waals surface area contributed by atoms with Crippen molar-refractivity contribution >= 4 is 16.9 Å². The van der Waals surface area contributed by atoms with Gasteiger partial charge in [0.2, 0.25) is 0 Å². The summed E-state index contributed by atoms with van der Waals surface area (Å²) in [7, 11) is 0. The fourth-order valence-corrected chi connectivity index (χ4v) is 3.23. The molecule has 1 N–H and O–H groups in total. The lowest BCUT2D eigenvalue weighted by molar-refractivity contribution is -0.186. The molecule has 148 valence electrons. The molecule has 1 amide bonds. The number of pyridine rings is 1. The molecule has 0 saturated carbocycles. The molecule has 1 saturated heterocycles. The molecule has 1 aliphatic rings. The molecule has 7 heteroatoms. The summed E-state index contributed by atoms with van der Waals surface area (Å²) < 4.78 is 7.41. The summed E-state index contributed by atoms with van der Waals surface area (Å²) in [6.07, 6.45) is 2.46. The highest BCUT2D eigenvalue weighted by Crippen LogP contribution is 2.29. The minimum atomic E-state index is -0.386. The summed E-state index contributed by atoms with van der Waals surface area (Å²) in [6.45, 7) is 12.9. The topological polar surface area (TPSA) is 78.3 Å². The second-order valence-electron chi connectivity index (χ2n) is 8.46. The molecule has 1 aliphatic heterocycles. The number of nitrogens with one attached hydrogen (secondary N) is 1. The van der Waals surface area contributed by atoms with E-state index in [9.17, 15) is 4.79 Å². The van der Waals surface area contributed by atoms with Crippen molar-refractivity contribution in [3.63, 3.8) is 0 Å². The van der Waals surface area contributed by atoms with E-state index in [1.807, 2.05) is 17.7 Å². The van der Waals surface area contributed by atoms with E-state index in [-0.39, 0.29) is 23.7 Å². The number of hydroxylamine groups is 1. The molecule has 3 rings (SSSR count). The summed E-state index contributed by atoms with van der Waals surface area (Å²) in [5.41, 5.74) is 5.23. The first kappa shape index (κ1) is 19.8. The van der Waals surface area contributed by atoms with Gasteiger partial charge in [-0.15, -0.1) is 0 Å². The Hall–Kier alpha value is -1.99. The lowest BCUT2D eigenvalue weighted by Gasteiger charge is -2.22. The number of aryl methyl sites for hydroxylation is 1. The van der Waals surface area contributed by atoms with Gasteiger partial charge in [0.25, 0.3) is 5.91 Å². The van der Waals surface area contributed by atoms with E-state index in [1.54, 1.807) is 0 Å².